The van der Waals surface area contributed by atoms with Crippen molar-refractivity contribution in [2.75, 3.05) is 20.7 Å². The molecule has 0 aromatic heterocycles. The van der Waals surface area contributed by atoms with Gasteiger partial charge in [-0.15, -0.1) is 0 Å². The zero-order valence-corrected chi connectivity index (χ0v) is 30.3. The van der Waals surface area contributed by atoms with Crippen LogP contribution >= 0.6 is 0 Å². The van der Waals surface area contributed by atoms with Crippen molar-refractivity contribution in [3.05, 3.63) is 124 Å². The van der Waals surface area contributed by atoms with Gasteiger partial charge in [0.2, 0.25) is 0 Å². The van der Waals surface area contributed by atoms with Gasteiger partial charge >= 0.3 is 0 Å². The first-order chi connectivity index (χ1) is 24.1. The van der Waals surface area contributed by atoms with E-state index in [1.807, 2.05) is 13.2 Å². The molecule has 0 saturated heterocycles. The lowest BCUT2D eigenvalue weighted by Gasteiger charge is -2.23. The molecule has 0 bridgehead atoms. The van der Waals surface area contributed by atoms with Gasteiger partial charge in [-0.3, -0.25) is 9.59 Å². The van der Waals surface area contributed by atoms with Gasteiger partial charge in [0.25, 0.3) is 0 Å². The Bertz CT molecular complexity index is 1650. The zero-order valence-electron chi connectivity index (χ0n) is 30.3. The number of carbonyl (C=O) groups excluding carboxylic acids is 2. The molecule has 3 aromatic carbocycles. The van der Waals surface area contributed by atoms with Crippen molar-refractivity contribution in [1.29, 1.82) is 0 Å². The number of methoxy groups -OCH3 is 1. The summed E-state index contributed by atoms with van der Waals surface area (Å²) in [5.41, 5.74) is 15.1. The van der Waals surface area contributed by atoms with Crippen LogP contribution in [0.5, 0.6) is 11.5 Å². The minimum Gasteiger partial charge on any atom is -0.504 e. The second-order valence-electron chi connectivity index (χ2n) is 13.7. The first kappa shape index (κ1) is 38.3. The van der Waals surface area contributed by atoms with Gasteiger partial charge in [-0.25, -0.2) is 0 Å². The maximum absolute atomic E-state index is 12.8. The molecule has 0 fully saturated rings. The molecule has 5 N–H and O–H groups in total. The molecule has 4 rings (SSSR count). The monoisotopic (exact) mass is 677 g/mol. The number of aromatic hydroxyl groups is 1. The van der Waals surface area contributed by atoms with Crippen molar-refractivity contribution in [3.8, 4) is 11.5 Å². The molecule has 0 amide bonds. The number of nitrogens with two attached hydrogens (primary N) is 1. The fraction of sp³-hybridized carbons (Fsp3) is 0.395. The number of dihydropyridines is 1. The fourth-order valence-electron chi connectivity index (χ4n) is 6.77. The van der Waals surface area contributed by atoms with Gasteiger partial charge in [0.1, 0.15) is 5.78 Å². The quantitative estimate of drug-likeness (QED) is 0.0558. The standard InChI is InChI=1S/C43H55N3O4/c1-30-19-31(2)21-34(20-30)22-38-24-35(29-46-43(38)44)23-37-25-41(49)42(50-4)26-36(37)17-18-40(48)27-39(47)14-10-6-9-13-33(28-45-3)16-15-32-11-7-5-8-12-32/h5,7-8,11-12,17-21,24-26,29,33,43,45-46,49H,6,9-10,13-16,22-23,27-28,44H2,1-4H3. The minimum absolute atomic E-state index is 0.0233. The SMILES string of the molecule is CNCC(CCCCCC(=O)CC(=O)C=Cc1cc(OC)c(O)cc1CC1=CNC(N)C(Cc2cc(C)cc(C)c2)=C1)CCc1ccccc1. The van der Waals surface area contributed by atoms with Crippen molar-refractivity contribution in [2.24, 2.45) is 11.7 Å². The van der Waals surface area contributed by atoms with E-state index in [2.05, 4.69) is 79.1 Å². The lowest BCUT2D eigenvalue weighted by molar-refractivity contribution is -0.124. The van der Waals surface area contributed by atoms with E-state index < -0.39 is 0 Å². The van der Waals surface area contributed by atoms with Crippen molar-refractivity contribution < 1.29 is 19.4 Å². The van der Waals surface area contributed by atoms with Crippen molar-refractivity contribution in [2.45, 2.75) is 84.2 Å². The number of Topliss-reactive ketones (excluding diaryl/α,β-unsaturated/α-hetero) is 1. The number of phenols is 1. The highest BCUT2D eigenvalue weighted by molar-refractivity contribution is 6.06. The van der Waals surface area contributed by atoms with E-state index in [-0.39, 0.29) is 29.9 Å². The van der Waals surface area contributed by atoms with Crippen LogP contribution in [0.15, 0.2) is 90.2 Å². The number of phenolic OH excluding ortho intramolecular Hbond substituents is 1. The highest BCUT2D eigenvalue weighted by Crippen LogP contribution is 2.32. The van der Waals surface area contributed by atoms with Gasteiger partial charge in [0.05, 0.1) is 19.7 Å². The molecule has 2 atom stereocenters. The molecular weight excluding hydrogens is 622 g/mol. The highest BCUT2D eigenvalue weighted by Gasteiger charge is 2.17. The number of aryl methyl sites for hydroxylation is 3. The molecule has 0 saturated carbocycles. The molecule has 1 aliphatic heterocycles. The van der Waals surface area contributed by atoms with Crippen LogP contribution in [0.1, 0.15) is 78.3 Å². The van der Waals surface area contributed by atoms with Crippen LogP contribution in [-0.2, 0) is 28.9 Å². The summed E-state index contributed by atoms with van der Waals surface area (Å²) in [6.45, 7) is 5.19. The Balaban J connectivity index is 1.29. The molecule has 2 unspecified atom stereocenters. The number of rotatable bonds is 20. The smallest absolute Gasteiger partial charge is 0.163 e. The average Bonchev–Trinajstić information content (AvgIpc) is 3.08. The summed E-state index contributed by atoms with van der Waals surface area (Å²) in [4.78, 5) is 25.5. The maximum Gasteiger partial charge on any atom is 0.163 e. The van der Waals surface area contributed by atoms with E-state index >= 15 is 0 Å². The number of allylic oxidation sites excluding steroid dienone is 3. The van der Waals surface area contributed by atoms with E-state index in [4.69, 9.17) is 10.5 Å². The Kier molecular flexibility index (Phi) is 15.1. The van der Waals surface area contributed by atoms with Gasteiger partial charge in [0, 0.05) is 12.6 Å². The summed E-state index contributed by atoms with van der Waals surface area (Å²) >= 11 is 0. The van der Waals surface area contributed by atoms with E-state index in [1.165, 1.54) is 35.4 Å². The summed E-state index contributed by atoms with van der Waals surface area (Å²) < 4.78 is 5.36. The molecule has 1 heterocycles. The third-order valence-corrected chi connectivity index (χ3v) is 9.31. The number of ether oxygens (including phenoxy) is 1. The second kappa shape index (κ2) is 19.7. The molecule has 50 heavy (non-hydrogen) atoms. The van der Waals surface area contributed by atoms with E-state index in [1.54, 1.807) is 18.2 Å². The Morgan fingerprint density at radius 3 is 2.46 bits per heavy atom. The van der Waals surface area contributed by atoms with Gasteiger partial charge in [-0.1, -0.05) is 84.7 Å². The Hall–Kier alpha value is -4.46. The zero-order chi connectivity index (χ0) is 35.9. The summed E-state index contributed by atoms with van der Waals surface area (Å²) in [6, 6.07) is 20.5. The number of hydrogen-bond acceptors (Lipinski definition) is 7. The first-order valence-corrected chi connectivity index (χ1v) is 17.9. The molecular formula is C43H55N3O4. The molecule has 0 radical (unpaired) electrons. The fourth-order valence-corrected chi connectivity index (χ4v) is 6.77. The predicted molar refractivity (Wildman–Crippen MR) is 204 cm³/mol. The van der Waals surface area contributed by atoms with Crippen molar-refractivity contribution in [3.63, 3.8) is 0 Å². The largest absolute Gasteiger partial charge is 0.504 e. The summed E-state index contributed by atoms with van der Waals surface area (Å²) in [5.74, 6) is 0.682. The predicted octanol–water partition coefficient (Wildman–Crippen LogP) is 7.46. The minimum atomic E-state index is -0.293. The van der Waals surface area contributed by atoms with Gasteiger partial charge < -0.3 is 26.2 Å². The number of hydrogen-bond donors (Lipinski definition) is 4. The number of unbranched alkanes of at least 4 members (excludes halogenated alkanes) is 2. The lowest BCUT2D eigenvalue weighted by Crippen LogP contribution is -2.38. The molecule has 0 spiro atoms. The van der Waals surface area contributed by atoms with Gasteiger partial charge in [-0.05, 0) is 123 Å². The maximum atomic E-state index is 12.8. The van der Waals surface area contributed by atoms with Crippen LogP contribution in [0, 0.1) is 19.8 Å². The Morgan fingerprint density at radius 2 is 1.74 bits per heavy atom. The molecule has 0 aliphatic carbocycles. The topological polar surface area (TPSA) is 114 Å². The Morgan fingerprint density at radius 1 is 0.980 bits per heavy atom. The van der Waals surface area contributed by atoms with Gasteiger partial charge in [-0.2, -0.15) is 0 Å². The number of benzene rings is 3. The number of ketones is 2. The van der Waals surface area contributed by atoms with Crippen molar-refractivity contribution >= 4 is 17.6 Å². The number of carbonyl (C=O) groups is 2. The van der Waals surface area contributed by atoms with Crippen LogP contribution in [0.3, 0.4) is 0 Å². The molecule has 7 nitrogen and oxygen atoms in total. The third kappa shape index (κ3) is 12.5. The van der Waals surface area contributed by atoms with Gasteiger partial charge in [0.15, 0.2) is 17.3 Å². The lowest BCUT2D eigenvalue weighted by atomic mass is 9.92. The third-order valence-electron chi connectivity index (χ3n) is 9.31. The van der Waals surface area contributed by atoms with E-state index in [9.17, 15) is 14.7 Å². The van der Waals surface area contributed by atoms with Crippen LogP contribution in [0.25, 0.3) is 6.08 Å². The molecule has 3 aromatic rings. The molecule has 266 valence electrons. The van der Waals surface area contributed by atoms with Crippen LogP contribution in [0.2, 0.25) is 0 Å². The van der Waals surface area contributed by atoms with Crippen LogP contribution in [0.4, 0.5) is 0 Å². The Labute approximate surface area is 298 Å². The summed E-state index contributed by atoms with van der Waals surface area (Å²) in [6.07, 6.45) is 14.6. The molecule has 7 heteroatoms. The van der Waals surface area contributed by atoms with Crippen LogP contribution in [-0.4, -0.2) is 43.5 Å². The highest BCUT2D eigenvalue weighted by atomic mass is 16.5. The van der Waals surface area contributed by atoms with E-state index in [0.29, 0.717) is 24.5 Å². The second-order valence-corrected chi connectivity index (χ2v) is 13.7. The van der Waals surface area contributed by atoms with Crippen molar-refractivity contribution in [1.82, 2.24) is 10.6 Å². The van der Waals surface area contributed by atoms with Crippen LogP contribution < -0.4 is 21.1 Å². The summed E-state index contributed by atoms with van der Waals surface area (Å²) in [7, 11) is 3.50. The molecule has 1 aliphatic rings. The average molecular weight is 678 g/mol. The normalized spacial score (nSPS) is 14.9. The summed E-state index contributed by atoms with van der Waals surface area (Å²) in [5, 5.41) is 17.2. The van der Waals surface area contributed by atoms with E-state index in [0.717, 1.165) is 73.8 Å². The first-order valence-electron chi connectivity index (χ1n) is 17.9. The number of nitrogens with one attached hydrogen (secondary N) is 2.